The number of hydrogen-bond donors (Lipinski definition) is 2. The minimum atomic E-state index is -4.42. The van der Waals surface area contributed by atoms with Crippen LogP contribution >= 0.6 is 0 Å². The third-order valence-corrected chi connectivity index (χ3v) is 3.99. The number of rotatable bonds is 6. The minimum absolute atomic E-state index is 0.322. The number of benzene rings is 1. The monoisotopic (exact) mass is 344 g/mol. The molecular weight excluding hydrogens is 325 g/mol. The lowest BCUT2D eigenvalue weighted by atomic mass is 10.1. The van der Waals surface area contributed by atoms with Crippen molar-refractivity contribution in [1.82, 2.24) is 5.32 Å². The van der Waals surface area contributed by atoms with Gasteiger partial charge in [0, 0.05) is 12.2 Å². The Hall–Kier alpha value is -2.09. The highest BCUT2D eigenvalue weighted by Gasteiger charge is 2.36. The summed E-state index contributed by atoms with van der Waals surface area (Å²) in [6.45, 7) is 2.18. The second-order valence-electron chi connectivity index (χ2n) is 5.72. The molecule has 1 heterocycles. The first-order chi connectivity index (χ1) is 11.2. The molecule has 2 atom stereocenters. The van der Waals surface area contributed by atoms with E-state index in [0.29, 0.717) is 31.5 Å². The zero-order valence-electron chi connectivity index (χ0n) is 13.1. The SMILES string of the molecule is CCCC(NC1CCN(c2ccc(C(F)(F)F)cc2)C1=O)C(=O)O. The van der Waals surface area contributed by atoms with Gasteiger partial charge in [0.25, 0.3) is 0 Å². The van der Waals surface area contributed by atoms with E-state index in [1.165, 1.54) is 17.0 Å². The smallest absolute Gasteiger partial charge is 0.416 e. The summed E-state index contributed by atoms with van der Waals surface area (Å²) >= 11 is 0. The van der Waals surface area contributed by atoms with Crippen molar-refractivity contribution in [3.05, 3.63) is 29.8 Å². The Morgan fingerprint density at radius 3 is 2.50 bits per heavy atom. The molecule has 1 aromatic rings. The Labute approximate surface area is 137 Å². The predicted molar refractivity (Wildman–Crippen MR) is 81.7 cm³/mol. The highest BCUT2D eigenvalue weighted by molar-refractivity contribution is 5.99. The summed E-state index contributed by atoms with van der Waals surface area (Å²) in [5, 5.41) is 12.0. The standard InChI is InChI=1S/C16H19F3N2O3/c1-2-3-13(15(23)24)20-12-8-9-21(14(12)22)11-6-4-10(5-7-11)16(17,18)19/h4-7,12-13,20H,2-3,8-9H2,1H3,(H,23,24). The van der Waals surface area contributed by atoms with Gasteiger partial charge in [-0.05, 0) is 37.1 Å². The lowest BCUT2D eigenvalue weighted by molar-refractivity contribution is -0.140. The van der Waals surface area contributed by atoms with Crippen LogP contribution in [0.25, 0.3) is 0 Å². The van der Waals surface area contributed by atoms with Gasteiger partial charge in [-0.15, -0.1) is 0 Å². The van der Waals surface area contributed by atoms with Gasteiger partial charge in [-0.1, -0.05) is 13.3 Å². The first-order valence-electron chi connectivity index (χ1n) is 7.71. The van der Waals surface area contributed by atoms with Crippen LogP contribution in [0.2, 0.25) is 0 Å². The van der Waals surface area contributed by atoms with Gasteiger partial charge in [-0.2, -0.15) is 13.2 Å². The highest BCUT2D eigenvalue weighted by Crippen LogP contribution is 2.31. The maximum atomic E-state index is 12.6. The summed E-state index contributed by atoms with van der Waals surface area (Å²) in [5.41, 5.74) is -0.402. The first-order valence-corrected chi connectivity index (χ1v) is 7.71. The molecule has 2 N–H and O–H groups in total. The van der Waals surface area contributed by atoms with Gasteiger partial charge in [-0.3, -0.25) is 14.9 Å². The number of aliphatic carboxylic acids is 1. The van der Waals surface area contributed by atoms with Crippen LogP contribution in [0.3, 0.4) is 0 Å². The van der Waals surface area contributed by atoms with Crippen molar-refractivity contribution in [3.63, 3.8) is 0 Å². The Bertz CT molecular complexity index is 602. The van der Waals surface area contributed by atoms with E-state index in [9.17, 15) is 22.8 Å². The van der Waals surface area contributed by atoms with E-state index in [2.05, 4.69) is 5.32 Å². The fourth-order valence-corrected chi connectivity index (χ4v) is 2.73. The molecule has 0 radical (unpaired) electrons. The minimum Gasteiger partial charge on any atom is -0.480 e. The molecule has 1 amide bonds. The van der Waals surface area contributed by atoms with Gasteiger partial charge in [0.2, 0.25) is 5.91 Å². The zero-order chi connectivity index (χ0) is 17.9. The Morgan fingerprint density at radius 1 is 1.38 bits per heavy atom. The molecule has 0 saturated carbocycles. The highest BCUT2D eigenvalue weighted by atomic mass is 19.4. The number of hydrogen-bond acceptors (Lipinski definition) is 3. The van der Waals surface area contributed by atoms with Crippen molar-refractivity contribution in [2.45, 2.75) is 44.4 Å². The number of anilines is 1. The van der Waals surface area contributed by atoms with Crippen molar-refractivity contribution < 1.29 is 27.9 Å². The second kappa shape index (κ2) is 7.21. The van der Waals surface area contributed by atoms with Crippen molar-refractivity contribution in [3.8, 4) is 0 Å². The summed E-state index contributed by atoms with van der Waals surface area (Å²) in [5.74, 6) is -1.34. The van der Waals surface area contributed by atoms with Crippen LogP contribution in [-0.4, -0.2) is 35.6 Å². The van der Waals surface area contributed by atoms with Gasteiger partial charge in [0.1, 0.15) is 6.04 Å². The first kappa shape index (κ1) is 18.3. The number of amides is 1. The lowest BCUT2D eigenvalue weighted by Crippen LogP contribution is -2.47. The molecule has 1 aromatic carbocycles. The van der Waals surface area contributed by atoms with Crippen molar-refractivity contribution in [2.24, 2.45) is 0 Å². The van der Waals surface area contributed by atoms with E-state index in [-0.39, 0.29) is 5.91 Å². The summed E-state index contributed by atoms with van der Waals surface area (Å²) in [6, 6.07) is 2.92. The number of nitrogens with one attached hydrogen (secondary N) is 1. The number of carboxylic acid groups (broad SMARTS) is 1. The number of halogens is 3. The molecule has 2 rings (SSSR count). The molecule has 132 valence electrons. The Kier molecular flexibility index (Phi) is 5.48. The molecule has 1 saturated heterocycles. The summed E-state index contributed by atoms with van der Waals surface area (Å²) in [4.78, 5) is 24.9. The van der Waals surface area contributed by atoms with E-state index >= 15 is 0 Å². The largest absolute Gasteiger partial charge is 0.480 e. The second-order valence-corrected chi connectivity index (χ2v) is 5.72. The van der Waals surface area contributed by atoms with Crippen molar-refractivity contribution >= 4 is 17.6 Å². The Morgan fingerprint density at radius 2 is 2.00 bits per heavy atom. The number of carbonyl (C=O) groups is 2. The average Bonchev–Trinajstić information content (AvgIpc) is 2.87. The van der Waals surface area contributed by atoms with Crippen LogP contribution in [-0.2, 0) is 15.8 Å². The molecule has 1 aliphatic heterocycles. The quantitative estimate of drug-likeness (QED) is 0.832. The van der Waals surface area contributed by atoms with Crippen molar-refractivity contribution in [1.29, 1.82) is 0 Å². The van der Waals surface area contributed by atoms with Gasteiger partial charge in [0.15, 0.2) is 0 Å². The molecule has 5 nitrogen and oxygen atoms in total. The van der Waals surface area contributed by atoms with E-state index in [4.69, 9.17) is 5.11 Å². The van der Waals surface area contributed by atoms with Crippen LogP contribution in [0.5, 0.6) is 0 Å². The lowest BCUT2D eigenvalue weighted by Gasteiger charge is -2.20. The fraction of sp³-hybridized carbons (Fsp3) is 0.500. The molecule has 0 spiro atoms. The van der Waals surface area contributed by atoms with Crippen LogP contribution in [0.4, 0.5) is 18.9 Å². The number of alkyl halides is 3. The third-order valence-electron chi connectivity index (χ3n) is 3.99. The van der Waals surface area contributed by atoms with Gasteiger partial charge >= 0.3 is 12.1 Å². The number of carbonyl (C=O) groups excluding carboxylic acids is 1. The third kappa shape index (κ3) is 4.05. The van der Waals surface area contributed by atoms with Crippen LogP contribution in [0.1, 0.15) is 31.7 Å². The van der Waals surface area contributed by atoms with Crippen LogP contribution < -0.4 is 10.2 Å². The molecule has 24 heavy (non-hydrogen) atoms. The predicted octanol–water partition coefficient (Wildman–Crippen LogP) is 2.65. The van der Waals surface area contributed by atoms with E-state index in [1.54, 1.807) is 0 Å². The van der Waals surface area contributed by atoms with E-state index in [1.807, 2.05) is 6.92 Å². The molecular formula is C16H19F3N2O3. The number of nitrogens with zero attached hydrogens (tertiary/aromatic N) is 1. The molecule has 1 aliphatic rings. The Balaban J connectivity index is 2.07. The fourth-order valence-electron chi connectivity index (χ4n) is 2.73. The molecule has 0 aliphatic carbocycles. The number of carboxylic acids is 1. The molecule has 0 bridgehead atoms. The van der Waals surface area contributed by atoms with E-state index in [0.717, 1.165) is 12.1 Å². The van der Waals surface area contributed by atoms with E-state index < -0.39 is 29.8 Å². The molecule has 1 fully saturated rings. The molecule has 0 aromatic heterocycles. The zero-order valence-corrected chi connectivity index (χ0v) is 13.1. The topological polar surface area (TPSA) is 69.6 Å². The van der Waals surface area contributed by atoms with Gasteiger partial charge in [0.05, 0.1) is 11.6 Å². The summed E-state index contributed by atoms with van der Waals surface area (Å²) in [7, 11) is 0. The van der Waals surface area contributed by atoms with Crippen LogP contribution in [0, 0.1) is 0 Å². The average molecular weight is 344 g/mol. The van der Waals surface area contributed by atoms with Gasteiger partial charge < -0.3 is 10.0 Å². The maximum Gasteiger partial charge on any atom is 0.416 e. The summed E-state index contributed by atoms with van der Waals surface area (Å²) < 4.78 is 37.7. The molecule has 8 heteroatoms. The van der Waals surface area contributed by atoms with Crippen molar-refractivity contribution in [2.75, 3.05) is 11.4 Å². The normalized spacial score (nSPS) is 19.6. The maximum absolute atomic E-state index is 12.6. The molecule has 2 unspecified atom stereocenters. The van der Waals surface area contributed by atoms with Crippen LogP contribution in [0.15, 0.2) is 24.3 Å². The summed E-state index contributed by atoms with van der Waals surface area (Å²) in [6.07, 6.45) is -2.95. The van der Waals surface area contributed by atoms with Gasteiger partial charge in [-0.25, -0.2) is 0 Å².